The molecule has 5 heteroatoms. The van der Waals surface area contributed by atoms with Crippen molar-refractivity contribution in [3.63, 3.8) is 0 Å². The van der Waals surface area contributed by atoms with Crippen LogP contribution < -0.4 is 4.74 Å². The van der Waals surface area contributed by atoms with Gasteiger partial charge in [-0.2, -0.15) is 0 Å². The van der Waals surface area contributed by atoms with Gasteiger partial charge in [-0.25, -0.2) is 4.79 Å². The minimum absolute atomic E-state index is 0.0762. The summed E-state index contributed by atoms with van der Waals surface area (Å²) < 4.78 is 5.33. The zero-order valence-corrected chi connectivity index (χ0v) is 11.5. The van der Waals surface area contributed by atoms with E-state index in [-0.39, 0.29) is 23.8 Å². The third kappa shape index (κ3) is 3.98. The van der Waals surface area contributed by atoms with E-state index in [4.69, 9.17) is 9.84 Å². The Balaban J connectivity index is 2.78. The second-order valence-electron chi connectivity index (χ2n) is 4.16. The summed E-state index contributed by atoms with van der Waals surface area (Å²) in [6.45, 7) is 6.64. The predicted octanol–water partition coefficient (Wildman–Crippen LogP) is 1.94. The number of benzene rings is 1. The Hall–Kier alpha value is -2.04. The van der Waals surface area contributed by atoms with E-state index in [1.54, 1.807) is 24.0 Å². The van der Waals surface area contributed by atoms with E-state index >= 15 is 0 Å². The van der Waals surface area contributed by atoms with Crippen molar-refractivity contribution in [2.75, 3.05) is 19.7 Å². The summed E-state index contributed by atoms with van der Waals surface area (Å²) in [4.78, 5) is 24.5. The Morgan fingerprint density at radius 1 is 1.26 bits per heavy atom. The van der Waals surface area contributed by atoms with Gasteiger partial charge in [0, 0.05) is 13.1 Å². The highest BCUT2D eigenvalue weighted by Crippen LogP contribution is 2.20. The molecule has 1 aromatic rings. The lowest BCUT2D eigenvalue weighted by molar-refractivity contribution is -0.132. The van der Waals surface area contributed by atoms with Crippen LogP contribution in [0.4, 0.5) is 0 Å². The summed E-state index contributed by atoms with van der Waals surface area (Å²) in [6.07, 6.45) is 0. The van der Waals surface area contributed by atoms with Crippen molar-refractivity contribution in [1.29, 1.82) is 0 Å². The summed E-state index contributed by atoms with van der Waals surface area (Å²) in [6, 6.07) is 4.86. The van der Waals surface area contributed by atoms with Crippen LogP contribution in [-0.4, -0.2) is 41.6 Å². The fourth-order valence-corrected chi connectivity index (χ4v) is 1.74. The fourth-order valence-electron chi connectivity index (χ4n) is 1.74. The SMILES string of the molecule is CCN(CC)C(=O)COc1ccc(C)cc1C(=O)O. The normalized spacial score (nSPS) is 10.1. The molecule has 0 unspecified atom stereocenters. The molecular weight excluding hydrogens is 246 g/mol. The van der Waals surface area contributed by atoms with Gasteiger partial charge in [0.1, 0.15) is 11.3 Å². The first-order valence-electron chi connectivity index (χ1n) is 6.24. The minimum atomic E-state index is -1.06. The van der Waals surface area contributed by atoms with Crippen molar-refractivity contribution in [1.82, 2.24) is 4.90 Å². The Bertz CT molecular complexity index is 467. The van der Waals surface area contributed by atoms with E-state index in [2.05, 4.69) is 0 Å². The lowest BCUT2D eigenvalue weighted by Crippen LogP contribution is -2.34. The van der Waals surface area contributed by atoms with Gasteiger partial charge in [0.05, 0.1) is 0 Å². The van der Waals surface area contributed by atoms with E-state index < -0.39 is 5.97 Å². The number of nitrogens with zero attached hydrogens (tertiary/aromatic N) is 1. The van der Waals surface area contributed by atoms with Crippen molar-refractivity contribution < 1.29 is 19.4 Å². The molecule has 0 saturated carbocycles. The second kappa shape index (κ2) is 6.78. The van der Waals surface area contributed by atoms with Crippen LogP contribution in [0.25, 0.3) is 0 Å². The maximum atomic E-state index is 11.8. The molecule has 0 aliphatic carbocycles. The van der Waals surface area contributed by atoms with Crippen LogP contribution in [0, 0.1) is 6.92 Å². The van der Waals surface area contributed by atoms with E-state index in [1.165, 1.54) is 6.07 Å². The standard InChI is InChI=1S/C14H19NO4/c1-4-15(5-2)13(16)9-19-12-7-6-10(3)8-11(12)14(17)18/h6-8H,4-5,9H2,1-3H3,(H,17,18). The molecule has 0 aliphatic rings. The largest absolute Gasteiger partial charge is 0.483 e. The number of carboxylic acids is 1. The quantitative estimate of drug-likeness (QED) is 0.853. The van der Waals surface area contributed by atoms with Crippen molar-refractivity contribution >= 4 is 11.9 Å². The molecule has 1 aromatic carbocycles. The molecule has 0 saturated heterocycles. The number of carbonyl (C=O) groups excluding carboxylic acids is 1. The van der Waals surface area contributed by atoms with Gasteiger partial charge in [-0.15, -0.1) is 0 Å². The van der Waals surface area contributed by atoms with E-state index in [9.17, 15) is 9.59 Å². The molecule has 19 heavy (non-hydrogen) atoms. The Morgan fingerprint density at radius 2 is 1.89 bits per heavy atom. The summed E-state index contributed by atoms with van der Waals surface area (Å²) >= 11 is 0. The molecule has 1 rings (SSSR count). The van der Waals surface area contributed by atoms with Gasteiger partial charge >= 0.3 is 5.97 Å². The minimum Gasteiger partial charge on any atom is -0.483 e. The van der Waals surface area contributed by atoms with Gasteiger partial charge in [-0.05, 0) is 32.9 Å². The van der Waals surface area contributed by atoms with Crippen LogP contribution in [0.15, 0.2) is 18.2 Å². The number of amides is 1. The molecule has 1 N–H and O–H groups in total. The maximum Gasteiger partial charge on any atom is 0.339 e. The van der Waals surface area contributed by atoms with Gasteiger partial charge in [-0.3, -0.25) is 4.79 Å². The average molecular weight is 265 g/mol. The molecule has 0 bridgehead atoms. The number of carbonyl (C=O) groups is 2. The van der Waals surface area contributed by atoms with Crippen LogP contribution in [0.2, 0.25) is 0 Å². The second-order valence-corrected chi connectivity index (χ2v) is 4.16. The van der Waals surface area contributed by atoms with Crippen LogP contribution in [-0.2, 0) is 4.79 Å². The number of aryl methyl sites for hydroxylation is 1. The van der Waals surface area contributed by atoms with Gasteiger partial charge < -0.3 is 14.7 Å². The first-order valence-corrected chi connectivity index (χ1v) is 6.24. The lowest BCUT2D eigenvalue weighted by atomic mass is 10.1. The smallest absolute Gasteiger partial charge is 0.339 e. The van der Waals surface area contributed by atoms with E-state index in [0.717, 1.165) is 5.56 Å². The van der Waals surface area contributed by atoms with E-state index in [0.29, 0.717) is 13.1 Å². The first-order chi connectivity index (χ1) is 8.99. The van der Waals surface area contributed by atoms with E-state index in [1.807, 2.05) is 13.8 Å². The highest BCUT2D eigenvalue weighted by atomic mass is 16.5. The average Bonchev–Trinajstić information content (AvgIpc) is 2.38. The van der Waals surface area contributed by atoms with Gasteiger partial charge in [0.15, 0.2) is 6.61 Å². The summed E-state index contributed by atoms with van der Waals surface area (Å²) in [5, 5.41) is 9.08. The van der Waals surface area contributed by atoms with Crippen LogP contribution >= 0.6 is 0 Å². The molecule has 0 fully saturated rings. The van der Waals surface area contributed by atoms with Gasteiger partial charge in [-0.1, -0.05) is 11.6 Å². The fraction of sp³-hybridized carbons (Fsp3) is 0.429. The highest BCUT2D eigenvalue weighted by Gasteiger charge is 2.15. The van der Waals surface area contributed by atoms with Crippen molar-refractivity contribution in [2.45, 2.75) is 20.8 Å². The Labute approximate surface area is 112 Å². The highest BCUT2D eigenvalue weighted by molar-refractivity contribution is 5.91. The maximum absolute atomic E-state index is 11.8. The Kier molecular flexibility index (Phi) is 5.36. The topological polar surface area (TPSA) is 66.8 Å². The molecule has 0 atom stereocenters. The first kappa shape index (κ1) is 15.0. The van der Waals surface area contributed by atoms with Crippen LogP contribution in [0.1, 0.15) is 29.8 Å². The van der Waals surface area contributed by atoms with Crippen molar-refractivity contribution in [3.05, 3.63) is 29.3 Å². The number of likely N-dealkylation sites (N-methyl/N-ethyl adjacent to an activating group) is 1. The summed E-state index contributed by atoms with van der Waals surface area (Å²) in [5.74, 6) is -0.991. The zero-order valence-electron chi connectivity index (χ0n) is 11.5. The molecule has 1 amide bonds. The molecular formula is C14H19NO4. The summed E-state index contributed by atoms with van der Waals surface area (Å²) in [7, 11) is 0. The third-order valence-electron chi connectivity index (χ3n) is 2.83. The van der Waals surface area contributed by atoms with Gasteiger partial charge in [0.25, 0.3) is 5.91 Å². The number of hydrogen-bond donors (Lipinski definition) is 1. The molecule has 0 aliphatic heterocycles. The monoisotopic (exact) mass is 265 g/mol. The molecule has 104 valence electrons. The summed E-state index contributed by atoms with van der Waals surface area (Å²) in [5.41, 5.74) is 0.909. The number of aromatic carboxylic acids is 1. The molecule has 0 heterocycles. The predicted molar refractivity (Wildman–Crippen MR) is 71.6 cm³/mol. The Morgan fingerprint density at radius 3 is 2.42 bits per heavy atom. The number of carboxylic acid groups (broad SMARTS) is 1. The molecule has 0 aromatic heterocycles. The van der Waals surface area contributed by atoms with Crippen molar-refractivity contribution in [2.24, 2.45) is 0 Å². The zero-order chi connectivity index (χ0) is 14.4. The van der Waals surface area contributed by atoms with Crippen LogP contribution in [0.3, 0.4) is 0 Å². The third-order valence-corrected chi connectivity index (χ3v) is 2.83. The van der Waals surface area contributed by atoms with Gasteiger partial charge in [0.2, 0.25) is 0 Å². The number of ether oxygens (including phenoxy) is 1. The molecule has 0 radical (unpaired) electrons. The molecule has 0 spiro atoms. The number of rotatable bonds is 6. The van der Waals surface area contributed by atoms with Crippen molar-refractivity contribution in [3.8, 4) is 5.75 Å². The lowest BCUT2D eigenvalue weighted by Gasteiger charge is -2.19. The van der Waals surface area contributed by atoms with Crippen LogP contribution in [0.5, 0.6) is 5.75 Å². The number of hydrogen-bond acceptors (Lipinski definition) is 3. The molecule has 5 nitrogen and oxygen atoms in total.